The Kier molecular flexibility index (Phi) is 2.82. The highest BCUT2D eigenvalue weighted by Crippen LogP contribution is 2.06. The maximum atomic E-state index is 11.8. The van der Waals surface area contributed by atoms with Gasteiger partial charge in [-0.15, -0.1) is 11.6 Å². The van der Waals surface area contributed by atoms with E-state index in [0.717, 1.165) is 0 Å². The average molecular weight is 181 g/mol. The van der Waals surface area contributed by atoms with Crippen LogP contribution < -0.4 is 0 Å². The molecule has 1 heterocycles. The van der Waals surface area contributed by atoms with Crippen molar-refractivity contribution in [1.82, 2.24) is 9.55 Å². The van der Waals surface area contributed by atoms with Crippen LogP contribution in [0.25, 0.3) is 0 Å². The second-order valence-corrected chi connectivity index (χ2v) is 2.33. The monoisotopic (exact) mass is 180 g/mol. The molecule has 0 aliphatic rings. The van der Waals surface area contributed by atoms with Crippen LogP contribution in [0.2, 0.25) is 0 Å². The molecule has 0 saturated carbocycles. The van der Waals surface area contributed by atoms with Gasteiger partial charge in [0.2, 0.25) is 0 Å². The van der Waals surface area contributed by atoms with Crippen molar-refractivity contribution in [1.29, 1.82) is 0 Å². The first-order valence-corrected chi connectivity index (χ1v) is 3.60. The molecule has 2 nitrogen and oxygen atoms in total. The van der Waals surface area contributed by atoms with E-state index in [-0.39, 0.29) is 12.4 Å². The van der Waals surface area contributed by atoms with E-state index in [1.54, 1.807) is 0 Å². The van der Waals surface area contributed by atoms with Gasteiger partial charge in [-0.1, -0.05) is 0 Å². The smallest absolute Gasteiger partial charge is 0.256 e. The van der Waals surface area contributed by atoms with Gasteiger partial charge in [0.15, 0.2) is 0 Å². The quantitative estimate of drug-likeness (QED) is 0.650. The van der Waals surface area contributed by atoms with Crippen molar-refractivity contribution in [2.75, 3.05) is 0 Å². The van der Waals surface area contributed by atoms with Crippen molar-refractivity contribution < 1.29 is 8.78 Å². The van der Waals surface area contributed by atoms with Crippen LogP contribution in [-0.2, 0) is 12.4 Å². The Morgan fingerprint density at radius 1 is 1.64 bits per heavy atom. The molecule has 0 saturated heterocycles. The van der Waals surface area contributed by atoms with Crippen LogP contribution in [0.4, 0.5) is 8.78 Å². The van der Waals surface area contributed by atoms with Crippen molar-refractivity contribution in [3.05, 3.63) is 18.2 Å². The molecule has 0 radical (unpaired) electrons. The first kappa shape index (κ1) is 8.46. The highest BCUT2D eigenvalue weighted by atomic mass is 35.5. The maximum absolute atomic E-state index is 11.8. The van der Waals surface area contributed by atoms with Gasteiger partial charge in [-0.25, -0.2) is 13.8 Å². The fourth-order valence-electron chi connectivity index (χ4n) is 0.773. The fraction of sp³-hybridized carbons (Fsp3) is 0.500. The van der Waals surface area contributed by atoms with Crippen LogP contribution in [0, 0.1) is 0 Å². The van der Waals surface area contributed by atoms with E-state index in [0.29, 0.717) is 5.69 Å². The summed E-state index contributed by atoms with van der Waals surface area (Å²) in [5.41, 5.74) is 0.618. The summed E-state index contributed by atoms with van der Waals surface area (Å²) < 4.78 is 25.0. The number of imidazole rings is 1. The molecule has 0 aliphatic carbocycles. The Balaban J connectivity index is 2.68. The number of halogens is 3. The predicted molar refractivity (Wildman–Crippen MR) is 37.8 cm³/mol. The molecule has 11 heavy (non-hydrogen) atoms. The standard InChI is InChI=1S/C6H7ClF2N2/c7-1-5-2-10-4-11(5)3-6(8)9/h2,4,6H,1,3H2. The van der Waals surface area contributed by atoms with Gasteiger partial charge in [-0.3, -0.25) is 0 Å². The molecule has 0 spiro atoms. The third-order valence-corrected chi connectivity index (χ3v) is 1.54. The summed E-state index contributed by atoms with van der Waals surface area (Å²) in [5.74, 6) is 0.215. The number of alkyl halides is 3. The van der Waals surface area contributed by atoms with E-state index in [4.69, 9.17) is 11.6 Å². The molecule has 0 bridgehead atoms. The molecule has 0 amide bonds. The minimum atomic E-state index is -2.36. The van der Waals surface area contributed by atoms with Crippen LogP contribution in [-0.4, -0.2) is 16.0 Å². The topological polar surface area (TPSA) is 17.8 Å². The van der Waals surface area contributed by atoms with Crippen molar-refractivity contribution in [3.63, 3.8) is 0 Å². The Hall–Kier alpha value is -0.640. The highest BCUT2D eigenvalue weighted by Gasteiger charge is 2.06. The van der Waals surface area contributed by atoms with Crippen molar-refractivity contribution >= 4 is 11.6 Å². The zero-order valence-electron chi connectivity index (χ0n) is 5.67. The Morgan fingerprint density at radius 3 is 2.91 bits per heavy atom. The molecule has 0 aromatic carbocycles. The maximum Gasteiger partial charge on any atom is 0.256 e. The normalized spacial score (nSPS) is 10.9. The van der Waals surface area contributed by atoms with Crippen LogP contribution >= 0.6 is 11.6 Å². The minimum absolute atomic E-state index is 0.215. The van der Waals surface area contributed by atoms with Gasteiger partial charge in [0.1, 0.15) is 0 Å². The first-order chi connectivity index (χ1) is 5.24. The van der Waals surface area contributed by atoms with Crippen molar-refractivity contribution in [3.8, 4) is 0 Å². The SMILES string of the molecule is FC(F)Cn1cncc1CCl. The summed E-state index contributed by atoms with van der Waals surface area (Å²) in [4.78, 5) is 3.69. The van der Waals surface area contributed by atoms with Gasteiger partial charge in [-0.05, 0) is 0 Å². The van der Waals surface area contributed by atoms with E-state index >= 15 is 0 Å². The molecule has 1 aromatic heterocycles. The molecular formula is C6H7ClF2N2. The largest absolute Gasteiger partial charge is 0.328 e. The lowest BCUT2D eigenvalue weighted by Crippen LogP contribution is -2.07. The first-order valence-electron chi connectivity index (χ1n) is 3.07. The van der Waals surface area contributed by atoms with E-state index in [1.807, 2.05) is 0 Å². The number of hydrogen-bond acceptors (Lipinski definition) is 1. The van der Waals surface area contributed by atoms with Gasteiger partial charge in [0.25, 0.3) is 6.43 Å². The van der Waals surface area contributed by atoms with Gasteiger partial charge in [-0.2, -0.15) is 0 Å². The van der Waals surface area contributed by atoms with E-state index in [9.17, 15) is 8.78 Å². The zero-order valence-corrected chi connectivity index (χ0v) is 6.43. The number of aromatic nitrogens is 2. The lowest BCUT2D eigenvalue weighted by atomic mass is 10.5. The predicted octanol–water partition coefficient (Wildman–Crippen LogP) is 1.89. The summed E-state index contributed by atoms with van der Waals surface area (Å²) >= 11 is 5.45. The van der Waals surface area contributed by atoms with Crippen LogP contribution in [0.15, 0.2) is 12.5 Å². The van der Waals surface area contributed by atoms with Crippen molar-refractivity contribution in [2.45, 2.75) is 18.9 Å². The number of hydrogen-bond donors (Lipinski definition) is 0. The van der Waals surface area contributed by atoms with Crippen LogP contribution in [0.1, 0.15) is 5.69 Å². The molecular weight excluding hydrogens is 174 g/mol. The van der Waals surface area contributed by atoms with Crippen LogP contribution in [0.3, 0.4) is 0 Å². The number of nitrogens with zero attached hydrogens (tertiary/aromatic N) is 2. The molecule has 0 unspecified atom stereocenters. The van der Waals surface area contributed by atoms with E-state index in [2.05, 4.69) is 4.98 Å². The van der Waals surface area contributed by atoms with Crippen molar-refractivity contribution in [2.24, 2.45) is 0 Å². The molecule has 1 aromatic rings. The second-order valence-electron chi connectivity index (χ2n) is 2.06. The summed E-state index contributed by atoms with van der Waals surface area (Å²) in [6, 6.07) is 0. The Labute approximate surface area is 67.8 Å². The van der Waals surface area contributed by atoms with Gasteiger partial charge in [0, 0.05) is 6.20 Å². The van der Waals surface area contributed by atoms with Gasteiger partial charge < -0.3 is 4.57 Å². The van der Waals surface area contributed by atoms with Crippen LogP contribution in [0.5, 0.6) is 0 Å². The zero-order chi connectivity index (χ0) is 8.27. The van der Waals surface area contributed by atoms with E-state index in [1.165, 1.54) is 17.1 Å². The summed E-state index contributed by atoms with van der Waals surface area (Å²) in [5, 5.41) is 0. The third-order valence-electron chi connectivity index (χ3n) is 1.27. The molecule has 5 heteroatoms. The third kappa shape index (κ3) is 2.15. The fourth-order valence-corrected chi connectivity index (χ4v) is 0.995. The molecule has 0 N–H and O–H groups in total. The van der Waals surface area contributed by atoms with Gasteiger partial charge in [0.05, 0.1) is 24.4 Å². The van der Waals surface area contributed by atoms with Gasteiger partial charge >= 0.3 is 0 Å². The molecule has 0 atom stereocenters. The summed E-state index contributed by atoms with van der Waals surface area (Å²) in [7, 11) is 0. The number of rotatable bonds is 3. The molecule has 1 rings (SSSR count). The lowest BCUT2D eigenvalue weighted by molar-refractivity contribution is 0.125. The summed E-state index contributed by atoms with van der Waals surface area (Å²) in [6.45, 7) is -0.331. The Morgan fingerprint density at radius 2 is 2.36 bits per heavy atom. The van der Waals surface area contributed by atoms with E-state index < -0.39 is 6.43 Å². The second kappa shape index (κ2) is 3.67. The molecule has 0 aliphatic heterocycles. The Bertz CT molecular complexity index is 224. The summed E-state index contributed by atoms with van der Waals surface area (Å²) in [6.07, 6.45) is 0.477. The molecule has 62 valence electrons. The molecule has 0 fully saturated rings. The lowest BCUT2D eigenvalue weighted by Gasteiger charge is -2.03. The average Bonchev–Trinajstić information content (AvgIpc) is 2.34. The highest BCUT2D eigenvalue weighted by molar-refractivity contribution is 6.16. The minimum Gasteiger partial charge on any atom is -0.328 e.